The Hall–Kier alpha value is -4.05. The van der Waals surface area contributed by atoms with Gasteiger partial charge >= 0.3 is 0 Å². The monoisotopic (exact) mass is 407 g/mol. The van der Waals surface area contributed by atoms with E-state index in [0.717, 1.165) is 27.2 Å². The molecule has 0 fully saturated rings. The average molecular weight is 407 g/mol. The van der Waals surface area contributed by atoms with Crippen LogP contribution in [0.5, 0.6) is 11.5 Å². The number of hydrogen-bond donors (Lipinski definition) is 1. The summed E-state index contributed by atoms with van der Waals surface area (Å²) in [4.78, 5) is 16.4. The third kappa shape index (κ3) is 3.64. The van der Waals surface area contributed by atoms with Gasteiger partial charge in [-0.05, 0) is 46.7 Å². The van der Waals surface area contributed by atoms with Crippen molar-refractivity contribution in [1.82, 2.24) is 4.98 Å². The van der Waals surface area contributed by atoms with Gasteiger partial charge in [-0.2, -0.15) is 0 Å². The maximum Gasteiger partial charge on any atom is 0.209 e. The Bertz CT molecular complexity index is 1390. The van der Waals surface area contributed by atoms with Crippen LogP contribution in [0.4, 0.5) is 0 Å². The number of aromatic nitrogens is 1. The van der Waals surface area contributed by atoms with Crippen LogP contribution in [-0.4, -0.2) is 17.9 Å². The minimum Gasteiger partial charge on any atom is -0.493 e. The van der Waals surface area contributed by atoms with Gasteiger partial charge in [0.25, 0.3) is 0 Å². The number of ether oxygens (including phenoxy) is 2. The Labute approximate surface area is 180 Å². The molecule has 152 valence electrons. The molecule has 0 amide bonds. The van der Waals surface area contributed by atoms with E-state index < -0.39 is 0 Å². The smallest absolute Gasteiger partial charge is 0.209 e. The molecule has 0 radical (unpaired) electrons. The van der Waals surface area contributed by atoms with Gasteiger partial charge in [-0.1, -0.05) is 60.7 Å². The van der Waals surface area contributed by atoms with E-state index in [4.69, 9.17) is 9.47 Å². The lowest BCUT2D eigenvalue weighted by Crippen LogP contribution is -2.03. The topological polar surface area (TPSA) is 51.3 Å². The highest BCUT2D eigenvalue weighted by atomic mass is 16.5. The van der Waals surface area contributed by atoms with Crippen molar-refractivity contribution in [2.24, 2.45) is 0 Å². The second-order valence-electron chi connectivity index (χ2n) is 7.40. The third-order valence-electron chi connectivity index (χ3n) is 5.44. The summed E-state index contributed by atoms with van der Waals surface area (Å²) in [6, 6.07) is 29.4. The average Bonchev–Trinajstić information content (AvgIpc) is 3.28. The second kappa shape index (κ2) is 8.00. The molecular formula is C27H21NO3. The van der Waals surface area contributed by atoms with Crippen molar-refractivity contribution in [3.8, 4) is 11.5 Å². The van der Waals surface area contributed by atoms with E-state index in [9.17, 15) is 4.79 Å². The van der Waals surface area contributed by atoms with Crippen LogP contribution < -0.4 is 9.47 Å². The number of carbonyl (C=O) groups excluding carboxylic acids is 1. The highest BCUT2D eigenvalue weighted by Crippen LogP contribution is 2.31. The van der Waals surface area contributed by atoms with Gasteiger partial charge in [-0.25, -0.2) is 0 Å². The molecule has 0 atom stereocenters. The Kier molecular flexibility index (Phi) is 4.89. The Morgan fingerprint density at radius 3 is 2.45 bits per heavy atom. The summed E-state index contributed by atoms with van der Waals surface area (Å²) in [5, 5.41) is 3.31. The summed E-state index contributed by atoms with van der Waals surface area (Å²) in [5.74, 6) is 1.04. The Morgan fingerprint density at radius 1 is 0.806 bits per heavy atom. The van der Waals surface area contributed by atoms with Gasteiger partial charge in [0.05, 0.1) is 12.8 Å². The van der Waals surface area contributed by atoms with E-state index in [0.29, 0.717) is 29.4 Å². The summed E-state index contributed by atoms with van der Waals surface area (Å²) in [6.07, 6.45) is 0. The van der Waals surface area contributed by atoms with E-state index >= 15 is 0 Å². The minimum atomic E-state index is -0.0896. The molecule has 0 aliphatic carbocycles. The van der Waals surface area contributed by atoms with Gasteiger partial charge in [0.15, 0.2) is 11.5 Å². The number of fused-ring (bicyclic) bond motifs is 3. The first-order chi connectivity index (χ1) is 15.2. The molecule has 5 rings (SSSR count). The number of rotatable bonds is 6. The Morgan fingerprint density at radius 2 is 1.61 bits per heavy atom. The first-order valence-corrected chi connectivity index (χ1v) is 10.1. The van der Waals surface area contributed by atoms with Crippen molar-refractivity contribution in [2.45, 2.75) is 6.61 Å². The summed E-state index contributed by atoms with van der Waals surface area (Å²) in [5.41, 5.74) is 3.10. The predicted octanol–water partition coefficient (Wildman–Crippen LogP) is 6.14. The number of benzene rings is 4. The van der Waals surface area contributed by atoms with Crippen LogP contribution in [0.15, 0.2) is 91.0 Å². The lowest BCUT2D eigenvalue weighted by atomic mass is 10.1. The van der Waals surface area contributed by atoms with Crippen LogP contribution in [-0.2, 0) is 6.61 Å². The van der Waals surface area contributed by atoms with Gasteiger partial charge in [0, 0.05) is 16.5 Å². The molecule has 1 heterocycles. The summed E-state index contributed by atoms with van der Waals surface area (Å²) >= 11 is 0. The molecule has 0 aliphatic heterocycles. The fourth-order valence-corrected chi connectivity index (χ4v) is 3.83. The molecule has 1 aromatic heterocycles. The Balaban J connectivity index is 1.44. The molecule has 0 spiro atoms. The fraction of sp³-hybridized carbons (Fsp3) is 0.0741. The van der Waals surface area contributed by atoms with E-state index in [1.807, 2.05) is 54.6 Å². The fourth-order valence-electron chi connectivity index (χ4n) is 3.83. The van der Waals surface area contributed by atoms with Crippen LogP contribution in [0.25, 0.3) is 21.7 Å². The molecule has 0 unspecified atom stereocenters. The molecule has 0 saturated heterocycles. The second-order valence-corrected chi connectivity index (χ2v) is 7.40. The van der Waals surface area contributed by atoms with E-state index in [1.54, 1.807) is 25.3 Å². The molecule has 0 aliphatic rings. The van der Waals surface area contributed by atoms with Gasteiger partial charge in [0.1, 0.15) is 6.61 Å². The normalized spacial score (nSPS) is 11.0. The third-order valence-corrected chi connectivity index (χ3v) is 5.44. The van der Waals surface area contributed by atoms with Crippen molar-refractivity contribution in [2.75, 3.05) is 7.11 Å². The summed E-state index contributed by atoms with van der Waals surface area (Å²) in [6.45, 7) is 0.430. The molecule has 5 aromatic rings. The zero-order chi connectivity index (χ0) is 21.2. The van der Waals surface area contributed by atoms with Crippen LogP contribution in [0, 0.1) is 0 Å². The van der Waals surface area contributed by atoms with E-state index in [1.165, 1.54) is 0 Å². The largest absolute Gasteiger partial charge is 0.493 e. The zero-order valence-corrected chi connectivity index (χ0v) is 17.1. The van der Waals surface area contributed by atoms with Crippen LogP contribution in [0.2, 0.25) is 0 Å². The summed E-state index contributed by atoms with van der Waals surface area (Å²) in [7, 11) is 1.58. The number of carbonyl (C=O) groups is 1. The number of ketones is 1. The first-order valence-electron chi connectivity index (χ1n) is 10.1. The molecule has 4 nitrogen and oxygen atoms in total. The summed E-state index contributed by atoms with van der Waals surface area (Å²) < 4.78 is 11.4. The number of nitrogens with one attached hydrogen (secondary N) is 1. The maximum atomic E-state index is 13.2. The van der Waals surface area contributed by atoms with Crippen LogP contribution >= 0.6 is 0 Å². The predicted molar refractivity (Wildman–Crippen MR) is 123 cm³/mol. The van der Waals surface area contributed by atoms with Gasteiger partial charge in [-0.15, -0.1) is 0 Å². The van der Waals surface area contributed by atoms with Gasteiger partial charge < -0.3 is 14.5 Å². The van der Waals surface area contributed by atoms with E-state index in [2.05, 4.69) is 23.2 Å². The van der Waals surface area contributed by atoms with Gasteiger partial charge in [-0.3, -0.25) is 4.79 Å². The standard InChI is InChI=1S/C27H21NO3/c1-30-26-15-20(12-14-25(26)31-17-18-7-3-2-4-8-18)27(29)24-16-22-21-10-6-5-9-19(21)11-13-23(22)28-24/h2-16,28H,17H2,1H3. The SMILES string of the molecule is COc1cc(C(=O)c2cc3c(ccc4ccccc43)[nH]2)ccc1OCc1ccccc1. The first kappa shape index (κ1) is 18.9. The number of aromatic amines is 1. The molecule has 4 heteroatoms. The van der Waals surface area contributed by atoms with E-state index in [-0.39, 0.29) is 5.78 Å². The molecular weight excluding hydrogens is 386 g/mol. The van der Waals surface area contributed by atoms with Crippen LogP contribution in [0.3, 0.4) is 0 Å². The number of hydrogen-bond acceptors (Lipinski definition) is 3. The molecule has 4 aromatic carbocycles. The lowest BCUT2D eigenvalue weighted by Gasteiger charge is -2.12. The van der Waals surface area contributed by atoms with Crippen molar-refractivity contribution < 1.29 is 14.3 Å². The number of H-pyrrole nitrogens is 1. The molecule has 1 N–H and O–H groups in total. The lowest BCUT2D eigenvalue weighted by molar-refractivity contribution is 0.103. The number of methoxy groups -OCH3 is 1. The van der Waals surface area contributed by atoms with Crippen LogP contribution in [0.1, 0.15) is 21.6 Å². The van der Waals surface area contributed by atoms with Crippen molar-refractivity contribution in [3.05, 3.63) is 108 Å². The maximum absolute atomic E-state index is 13.2. The highest BCUT2D eigenvalue weighted by molar-refractivity contribution is 6.14. The molecule has 0 saturated carbocycles. The minimum absolute atomic E-state index is 0.0896. The van der Waals surface area contributed by atoms with Crippen molar-refractivity contribution in [1.29, 1.82) is 0 Å². The molecule has 0 bridgehead atoms. The zero-order valence-electron chi connectivity index (χ0n) is 17.1. The van der Waals surface area contributed by atoms with Crippen molar-refractivity contribution in [3.63, 3.8) is 0 Å². The molecule has 31 heavy (non-hydrogen) atoms. The quantitative estimate of drug-likeness (QED) is 0.344. The van der Waals surface area contributed by atoms with Crippen molar-refractivity contribution >= 4 is 27.5 Å². The highest BCUT2D eigenvalue weighted by Gasteiger charge is 2.16. The van der Waals surface area contributed by atoms with Gasteiger partial charge in [0.2, 0.25) is 5.78 Å².